The molecule has 1 saturated heterocycles. The lowest BCUT2D eigenvalue weighted by molar-refractivity contribution is 0.0376. The normalized spacial score (nSPS) is 14.9. The number of hydrogen-bond acceptors (Lipinski definition) is 7. The summed E-state index contributed by atoms with van der Waals surface area (Å²) < 4.78 is 18.1. The summed E-state index contributed by atoms with van der Waals surface area (Å²) in [6, 6.07) is 5.84. The van der Waals surface area contributed by atoms with Crippen LogP contribution in [0.15, 0.2) is 23.2 Å². The third kappa shape index (κ3) is 6.83. The van der Waals surface area contributed by atoms with Crippen molar-refractivity contribution in [1.29, 1.82) is 0 Å². The van der Waals surface area contributed by atoms with Gasteiger partial charge in [-0.25, -0.2) is 4.99 Å². The zero-order chi connectivity index (χ0) is 22.8. The van der Waals surface area contributed by atoms with Gasteiger partial charge in [-0.05, 0) is 37.6 Å². The number of rotatable bonds is 10. The smallest absolute Gasteiger partial charge is 0.191 e. The molecule has 3 rings (SSSR count). The topological polar surface area (TPSA) is 98.1 Å². The predicted molar refractivity (Wildman–Crippen MR) is 123 cm³/mol. The predicted octanol–water partition coefficient (Wildman–Crippen LogP) is 1.10. The van der Waals surface area contributed by atoms with Crippen molar-refractivity contribution in [2.24, 2.45) is 12.0 Å². The standard InChI is InChI=1S/C22H35N7O3/c1-17-26-27-21(28(17)2)16-25-22(23-8-5-9-29-10-12-32-13-11-29)24-15-18-6-7-19(30-3)20(14-18)31-4/h6-7,14H,5,8-13,15-16H2,1-4H3,(H2,23,24,25). The van der Waals surface area contributed by atoms with Crippen LogP contribution in [0, 0.1) is 6.92 Å². The minimum atomic E-state index is 0.511. The molecule has 176 valence electrons. The van der Waals surface area contributed by atoms with Gasteiger partial charge in [0.15, 0.2) is 23.3 Å². The van der Waals surface area contributed by atoms with Gasteiger partial charge in [0.1, 0.15) is 5.82 Å². The lowest BCUT2D eigenvalue weighted by atomic mass is 10.2. The summed E-state index contributed by atoms with van der Waals surface area (Å²) in [7, 11) is 5.23. The van der Waals surface area contributed by atoms with Crippen LogP contribution in [0.2, 0.25) is 0 Å². The minimum Gasteiger partial charge on any atom is -0.493 e. The van der Waals surface area contributed by atoms with E-state index in [1.807, 2.05) is 36.7 Å². The van der Waals surface area contributed by atoms with E-state index in [0.29, 0.717) is 24.6 Å². The van der Waals surface area contributed by atoms with Crippen LogP contribution in [0.25, 0.3) is 0 Å². The number of nitrogens with one attached hydrogen (secondary N) is 2. The number of guanidine groups is 1. The van der Waals surface area contributed by atoms with E-state index in [9.17, 15) is 0 Å². The summed E-state index contributed by atoms with van der Waals surface area (Å²) >= 11 is 0. The number of benzene rings is 1. The fourth-order valence-corrected chi connectivity index (χ4v) is 3.43. The molecule has 0 bridgehead atoms. The van der Waals surface area contributed by atoms with Crippen LogP contribution in [-0.4, -0.2) is 79.2 Å². The molecule has 10 nitrogen and oxygen atoms in total. The van der Waals surface area contributed by atoms with Gasteiger partial charge in [-0.15, -0.1) is 10.2 Å². The Bertz CT molecular complexity index is 878. The maximum absolute atomic E-state index is 5.42. The lowest BCUT2D eigenvalue weighted by Gasteiger charge is -2.26. The molecule has 2 heterocycles. The summed E-state index contributed by atoms with van der Waals surface area (Å²) in [5, 5.41) is 15.2. The van der Waals surface area contributed by atoms with Crippen LogP contribution in [0.4, 0.5) is 0 Å². The first-order valence-electron chi connectivity index (χ1n) is 11.0. The number of aromatic nitrogens is 3. The van der Waals surface area contributed by atoms with Crippen LogP contribution in [-0.2, 0) is 24.9 Å². The van der Waals surface area contributed by atoms with Crippen molar-refractivity contribution in [2.45, 2.75) is 26.4 Å². The molecule has 2 aromatic rings. The molecule has 0 aliphatic carbocycles. The number of ether oxygens (including phenoxy) is 3. The van der Waals surface area contributed by atoms with Gasteiger partial charge in [-0.1, -0.05) is 6.07 Å². The Morgan fingerprint density at radius 1 is 1.12 bits per heavy atom. The summed E-state index contributed by atoms with van der Waals surface area (Å²) in [6.45, 7) is 8.51. The fraction of sp³-hybridized carbons (Fsp3) is 0.591. The highest BCUT2D eigenvalue weighted by Crippen LogP contribution is 2.27. The van der Waals surface area contributed by atoms with Crippen LogP contribution in [0.1, 0.15) is 23.6 Å². The van der Waals surface area contributed by atoms with Gasteiger partial charge in [0.05, 0.1) is 40.5 Å². The van der Waals surface area contributed by atoms with Gasteiger partial charge < -0.3 is 29.4 Å². The van der Waals surface area contributed by atoms with Crippen molar-refractivity contribution in [2.75, 3.05) is 53.6 Å². The largest absolute Gasteiger partial charge is 0.493 e. The summed E-state index contributed by atoms with van der Waals surface area (Å²) in [5.41, 5.74) is 1.03. The number of hydrogen-bond donors (Lipinski definition) is 2. The molecule has 32 heavy (non-hydrogen) atoms. The van der Waals surface area contributed by atoms with Gasteiger partial charge in [0.25, 0.3) is 0 Å². The van der Waals surface area contributed by atoms with Crippen molar-refractivity contribution in [3.8, 4) is 11.5 Å². The molecule has 1 fully saturated rings. The number of aryl methyl sites for hydroxylation is 1. The molecule has 0 atom stereocenters. The Labute approximate surface area is 190 Å². The maximum Gasteiger partial charge on any atom is 0.191 e. The zero-order valence-corrected chi connectivity index (χ0v) is 19.6. The highest BCUT2D eigenvalue weighted by Gasteiger charge is 2.10. The Balaban J connectivity index is 1.59. The third-order valence-electron chi connectivity index (χ3n) is 5.51. The van der Waals surface area contributed by atoms with Crippen LogP contribution < -0.4 is 20.1 Å². The lowest BCUT2D eigenvalue weighted by Crippen LogP contribution is -2.40. The van der Waals surface area contributed by atoms with E-state index in [4.69, 9.17) is 19.2 Å². The zero-order valence-electron chi connectivity index (χ0n) is 19.6. The molecular weight excluding hydrogens is 410 g/mol. The second-order valence-electron chi connectivity index (χ2n) is 7.66. The first-order chi connectivity index (χ1) is 15.6. The van der Waals surface area contributed by atoms with E-state index in [1.165, 1.54) is 0 Å². The number of nitrogens with zero attached hydrogens (tertiary/aromatic N) is 5. The molecule has 1 aliphatic rings. The van der Waals surface area contributed by atoms with Gasteiger partial charge >= 0.3 is 0 Å². The average Bonchev–Trinajstić information content (AvgIpc) is 3.15. The minimum absolute atomic E-state index is 0.511. The molecular formula is C22H35N7O3. The second kappa shape index (κ2) is 12.3. The van der Waals surface area contributed by atoms with Gasteiger partial charge in [0.2, 0.25) is 0 Å². The molecule has 1 aromatic heterocycles. The van der Waals surface area contributed by atoms with Crippen molar-refractivity contribution in [3.63, 3.8) is 0 Å². The molecule has 2 N–H and O–H groups in total. The summed E-state index contributed by atoms with van der Waals surface area (Å²) in [6.07, 6.45) is 1.03. The number of methoxy groups -OCH3 is 2. The Hall–Kier alpha value is -2.85. The molecule has 0 unspecified atom stereocenters. The summed E-state index contributed by atoms with van der Waals surface area (Å²) in [4.78, 5) is 7.20. The van der Waals surface area contributed by atoms with Crippen LogP contribution in [0.5, 0.6) is 11.5 Å². The average molecular weight is 446 g/mol. The molecule has 0 amide bonds. The third-order valence-corrected chi connectivity index (χ3v) is 5.51. The van der Waals surface area contributed by atoms with Gasteiger partial charge in [0, 0.05) is 26.7 Å². The molecule has 0 spiro atoms. The number of aliphatic imine (C=N–C) groups is 1. The second-order valence-corrected chi connectivity index (χ2v) is 7.66. The van der Waals surface area contributed by atoms with Crippen molar-refractivity contribution < 1.29 is 14.2 Å². The van der Waals surface area contributed by atoms with E-state index < -0.39 is 0 Å². The van der Waals surface area contributed by atoms with E-state index in [-0.39, 0.29) is 0 Å². The molecule has 1 aliphatic heterocycles. The van der Waals surface area contributed by atoms with Crippen molar-refractivity contribution >= 4 is 5.96 Å². The van der Waals surface area contributed by atoms with Crippen molar-refractivity contribution in [3.05, 3.63) is 35.4 Å². The van der Waals surface area contributed by atoms with Crippen LogP contribution >= 0.6 is 0 Å². The van der Waals surface area contributed by atoms with Gasteiger partial charge in [-0.3, -0.25) is 4.90 Å². The van der Waals surface area contributed by atoms with E-state index in [1.54, 1.807) is 14.2 Å². The van der Waals surface area contributed by atoms with E-state index >= 15 is 0 Å². The maximum atomic E-state index is 5.42. The summed E-state index contributed by atoms with van der Waals surface area (Å²) in [5.74, 6) is 3.88. The highest BCUT2D eigenvalue weighted by molar-refractivity contribution is 5.79. The van der Waals surface area contributed by atoms with Crippen molar-refractivity contribution in [1.82, 2.24) is 30.3 Å². The van der Waals surface area contributed by atoms with E-state index in [0.717, 1.165) is 69.0 Å². The number of morpholine rings is 1. The van der Waals surface area contributed by atoms with Crippen LogP contribution in [0.3, 0.4) is 0 Å². The fourth-order valence-electron chi connectivity index (χ4n) is 3.43. The Morgan fingerprint density at radius 2 is 1.91 bits per heavy atom. The molecule has 1 aromatic carbocycles. The molecule has 10 heteroatoms. The highest BCUT2D eigenvalue weighted by atomic mass is 16.5. The first-order valence-corrected chi connectivity index (χ1v) is 11.0. The molecule has 0 saturated carbocycles. The first kappa shape index (κ1) is 23.8. The SMILES string of the molecule is COc1ccc(CN=C(NCCCN2CCOCC2)NCc2nnc(C)n2C)cc1OC. The van der Waals surface area contributed by atoms with E-state index in [2.05, 4.69) is 25.7 Å². The Kier molecular flexibility index (Phi) is 9.12. The Morgan fingerprint density at radius 3 is 2.59 bits per heavy atom. The quantitative estimate of drug-likeness (QED) is 0.319. The van der Waals surface area contributed by atoms with Gasteiger partial charge in [-0.2, -0.15) is 0 Å². The molecule has 0 radical (unpaired) electrons. The monoisotopic (exact) mass is 445 g/mol.